The van der Waals surface area contributed by atoms with Crippen LogP contribution in [0.2, 0.25) is 0 Å². The standard InChI is InChI=1S/C38H79N/c1-4-7-10-12-14-16-18-20-22-24-26-28-30-32-34-37-39(36-9-6-3)38-35-33-31-29-27-25-23-21-19-17-15-13-11-8-5-2/h4-38H2,1-3H3. The van der Waals surface area contributed by atoms with Crippen LogP contribution in [-0.4, -0.2) is 24.5 Å². The molecule has 0 aliphatic carbocycles. The normalized spacial score (nSPS) is 11.7. The molecular weight excluding hydrogens is 470 g/mol. The molecule has 0 aliphatic rings. The summed E-state index contributed by atoms with van der Waals surface area (Å²) in [5.74, 6) is 0. The molecule has 0 N–H and O–H groups in total. The smallest absolute Gasteiger partial charge is 0.00187 e. The van der Waals surface area contributed by atoms with Crippen molar-refractivity contribution < 1.29 is 0 Å². The highest BCUT2D eigenvalue weighted by atomic mass is 15.1. The van der Waals surface area contributed by atoms with E-state index in [9.17, 15) is 0 Å². The van der Waals surface area contributed by atoms with E-state index in [1.807, 2.05) is 0 Å². The first kappa shape index (κ1) is 39.0. The second-order valence-electron chi connectivity index (χ2n) is 13.1. The first-order valence-corrected chi connectivity index (χ1v) is 19.1. The molecule has 0 atom stereocenters. The fourth-order valence-corrected chi connectivity index (χ4v) is 6.13. The molecule has 236 valence electrons. The highest BCUT2D eigenvalue weighted by molar-refractivity contribution is 4.60. The van der Waals surface area contributed by atoms with E-state index < -0.39 is 0 Å². The number of rotatable bonds is 35. The van der Waals surface area contributed by atoms with Crippen LogP contribution < -0.4 is 0 Å². The van der Waals surface area contributed by atoms with Crippen LogP contribution in [-0.2, 0) is 0 Å². The van der Waals surface area contributed by atoms with Crippen molar-refractivity contribution in [3.8, 4) is 0 Å². The van der Waals surface area contributed by atoms with E-state index in [0.29, 0.717) is 0 Å². The lowest BCUT2D eigenvalue weighted by molar-refractivity contribution is 0.256. The van der Waals surface area contributed by atoms with Gasteiger partial charge in [-0.25, -0.2) is 0 Å². The van der Waals surface area contributed by atoms with Gasteiger partial charge in [-0.2, -0.15) is 0 Å². The third kappa shape index (κ3) is 34.1. The quantitative estimate of drug-likeness (QED) is 0.0710. The summed E-state index contributed by atoms with van der Waals surface area (Å²) in [6.45, 7) is 11.0. The van der Waals surface area contributed by atoms with Crippen molar-refractivity contribution in [1.29, 1.82) is 0 Å². The molecule has 0 aliphatic heterocycles. The average molecular weight is 550 g/mol. The molecule has 0 fully saturated rings. The topological polar surface area (TPSA) is 3.24 Å². The SMILES string of the molecule is CCCCCCCCCCCCCCCCCN(CCCC)CCCCCCCCCCCCCCCCC. The fraction of sp³-hybridized carbons (Fsp3) is 1.00. The Bertz CT molecular complexity index is 372. The predicted molar refractivity (Wildman–Crippen MR) is 181 cm³/mol. The molecule has 0 saturated carbocycles. The van der Waals surface area contributed by atoms with Gasteiger partial charge < -0.3 is 4.90 Å². The van der Waals surface area contributed by atoms with E-state index >= 15 is 0 Å². The second-order valence-corrected chi connectivity index (χ2v) is 13.1. The minimum atomic E-state index is 1.34. The van der Waals surface area contributed by atoms with Gasteiger partial charge in [0.25, 0.3) is 0 Å². The number of nitrogens with zero attached hydrogens (tertiary/aromatic N) is 1. The highest BCUT2D eigenvalue weighted by Crippen LogP contribution is 2.15. The highest BCUT2D eigenvalue weighted by Gasteiger charge is 2.04. The van der Waals surface area contributed by atoms with Gasteiger partial charge in [-0.15, -0.1) is 0 Å². The van der Waals surface area contributed by atoms with E-state index in [0.717, 1.165) is 0 Å². The molecular formula is C38H79N. The van der Waals surface area contributed by atoms with Gasteiger partial charge in [-0.3, -0.25) is 0 Å². The summed E-state index contributed by atoms with van der Waals surface area (Å²) in [4.78, 5) is 2.80. The third-order valence-electron chi connectivity index (χ3n) is 8.98. The summed E-state index contributed by atoms with van der Waals surface area (Å²) >= 11 is 0. The Kier molecular flexibility index (Phi) is 35.9. The van der Waals surface area contributed by atoms with Crippen molar-refractivity contribution in [2.45, 2.75) is 226 Å². The monoisotopic (exact) mass is 550 g/mol. The number of hydrogen-bond acceptors (Lipinski definition) is 1. The summed E-state index contributed by atoms with van der Waals surface area (Å²) in [6, 6.07) is 0. The van der Waals surface area contributed by atoms with E-state index in [2.05, 4.69) is 25.7 Å². The Morgan fingerprint density at radius 1 is 0.205 bits per heavy atom. The number of unbranched alkanes of at least 4 members (excludes halogenated alkanes) is 29. The zero-order chi connectivity index (χ0) is 28.3. The van der Waals surface area contributed by atoms with Crippen LogP contribution in [0.3, 0.4) is 0 Å². The molecule has 39 heavy (non-hydrogen) atoms. The molecule has 0 unspecified atom stereocenters. The Balaban J connectivity index is 3.45. The Hall–Kier alpha value is -0.0400. The minimum Gasteiger partial charge on any atom is -0.303 e. The first-order valence-electron chi connectivity index (χ1n) is 19.1. The fourth-order valence-electron chi connectivity index (χ4n) is 6.13. The first-order chi connectivity index (χ1) is 19.3. The summed E-state index contributed by atoms with van der Waals surface area (Å²) in [5, 5.41) is 0. The molecule has 0 radical (unpaired) electrons. The molecule has 0 spiro atoms. The van der Waals surface area contributed by atoms with Crippen LogP contribution in [0, 0.1) is 0 Å². The summed E-state index contributed by atoms with van der Waals surface area (Å²) in [7, 11) is 0. The summed E-state index contributed by atoms with van der Waals surface area (Å²) in [5.41, 5.74) is 0. The maximum atomic E-state index is 2.80. The van der Waals surface area contributed by atoms with Crippen LogP contribution >= 0.6 is 0 Å². The Labute approximate surface area is 250 Å². The second kappa shape index (κ2) is 36.0. The van der Waals surface area contributed by atoms with Crippen molar-refractivity contribution >= 4 is 0 Å². The van der Waals surface area contributed by atoms with Gasteiger partial charge in [0.05, 0.1) is 0 Å². The van der Waals surface area contributed by atoms with Crippen molar-refractivity contribution in [2.75, 3.05) is 19.6 Å². The zero-order valence-electron chi connectivity index (χ0n) is 28.2. The van der Waals surface area contributed by atoms with Crippen LogP contribution in [0.1, 0.15) is 226 Å². The van der Waals surface area contributed by atoms with Gasteiger partial charge in [-0.1, -0.05) is 207 Å². The van der Waals surface area contributed by atoms with E-state index in [4.69, 9.17) is 0 Å². The lowest BCUT2D eigenvalue weighted by Crippen LogP contribution is -2.27. The average Bonchev–Trinajstić information content (AvgIpc) is 2.95. The van der Waals surface area contributed by atoms with Crippen LogP contribution in [0.25, 0.3) is 0 Å². The molecule has 0 rings (SSSR count). The van der Waals surface area contributed by atoms with Crippen molar-refractivity contribution in [1.82, 2.24) is 4.90 Å². The summed E-state index contributed by atoms with van der Waals surface area (Å²) < 4.78 is 0. The van der Waals surface area contributed by atoms with Crippen molar-refractivity contribution in [3.05, 3.63) is 0 Å². The van der Waals surface area contributed by atoms with Gasteiger partial charge in [0.1, 0.15) is 0 Å². The maximum absolute atomic E-state index is 2.80. The van der Waals surface area contributed by atoms with E-state index in [1.165, 1.54) is 225 Å². The molecule has 0 aromatic rings. The lowest BCUT2D eigenvalue weighted by Gasteiger charge is -2.22. The largest absolute Gasteiger partial charge is 0.303 e. The molecule has 1 nitrogen and oxygen atoms in total. The summed E-state index contributed by atoms with van der Waals surface area (Å²) in [6.07, 6.45) is 46.7. The van der Waals surface area contributed by atoms with Gasteiger partial charge in [0.15, 0.2) is 0 Å². The van der Waals surface area contributed by atoms with Crippen molar-refractivity contribution in [3.63, 3.8) is 0 Å². The minimum absolute atomic E-state index is 1.34. The maximum Gasteiger partial charge on any atom is -0.00187 e. The molecule has 0 aromatic carbocycles. The van der Waals surface area contributed by atoms with E-state index in [-0.39, 0.29) is 0 Å². The molecule has 0 aromatic heterocycles. The Morgan fingerprint density at radius 3 is 0.615 bits per heavy atom. The predicted octanol–water partition coefficient (Wildman–Crippen LogP) is 13.8. The molecule has 0 saturated heterocycles. The van der Waals surface area contributed by atoms with Crippen molar-refractivity contribution in [2.24, 2.45) is 0 Å². The molecule has 0 bridgehead atoms. The molecule has 0 heterocycles. The van der Waals surface area contributed by atoms with Gasteiger partial charge in [-0.05, 0) is 38.9 Å². The van der Waals surface area contributed by atoms with Gasteiger partial charge in [0, 0.05) is 0 Å². The zero-order valence-corrected chi connectivity index (χ0v) is 28.2. The van der Waals surface area contributed by atoms with Crippen LogP contribution in [0.15, 0.2) is 0 Å². The molecule has 1 heteroatoms. The van der Waals surface area contributed by atoms with Gasteiger partial charge in [0.2, 0.25) is 0 Å². The van der Waals surface area contributed by atoms with E-state index in [1.54, 1.807) is 0 Å². The van der Waals surface area contributed by atoms with Crippen LogP contribution in [0.5, 0.6) is 0 Å². The molecule has 0 amide bonds. The van der Waals surface area contributed by atoms with Crippen LogP contribution in [0.4, 0.5) is 0 Å². The number of hydrogen-bond donors (Lipinski definition) is 0. The Morgan fingerprint density at radius 2 is 0.385 bits per heavy atom. The van der Waals surface area contributed by atoms with Gasteiger partial charge >= 0.3 is 0 Å². The lowest BCUT2D eigenvalue weighted by atomic mass is 10.0. The third-order valence-corrected chi connectivity index (χ3v) is 8.98.